The van der Waals surface area contributed by atoms with E-state index in [1.165, 1.54) is 19.3 Å². The summed E-state index contributed by atoms with van der Waals surface area (Å²) in [5, 5.41) is 9.25. The molecule has 1 aliphatic rings. The van der Waals surface area contributed by atoms with Crippen molar-refractivity contribution in [2.45, 2.75) is 44.4 Å². The van der Waals surface area contributed by atoms with E-state index >= 15 is 0 Å². The number of carbonyl (C=O) groups is 1. The van der Waals surface area contributed by atoms with Crippen LogP contribution >= 0.6 is 0 Å². The van der Waals surface area contributed by atoms with Crippen LogP contribution < -0.4 is 0 Å². The Kier molecular flexibility index (Phi) is 4.78. The topological polar surface area (TPSA) is 37.3 Å². The zero-order valence-corrected chi connectivity index (χ0v) is 11.3. The highest BCUT2D eigenvalue weighted by Crippen LogP contribution is 2.38. The number of hydrogen-bond acceptors (Lipinski definition) is 1. The molecule has 2 rings (SSSR count). The molecule has 0 heterocycles. The maximum Gasteiger partial charge on any atom is 0.335 e. The van der Waals surface area contributed by atoms with Crippen LogP contribution in [0.2, 0.25) is 0 Å². The molecule has 0 bridgehead atoms. The summed E-state index contributed by atoms with van der Waals surface area (Å²) in [5.41, 5.74) is 1.51. The molecule has 0 unspecified atom stereocenters. The first-order chi connectivity index (χ1) is 9.22. The number of aromatic carboxylic acids is 1. The predicted molar refractivity (Wildman–Crippen MR) is 77.5 cm³/mol. The van der Waals surface area contributed by atoms with Crippen molar-refractivity contribution in [1.29, 1.82) is 0 Å². The van der Waals surface area contributed by atoms with Crippen molar-refractivity contribution in [3.05, 3.63) is 48.0 Å². The first-order valence-electron chi connectivity index (χ1n) is 7.15. The highest BCUT2D eigenvalue weighted by Gasteiger charge is 2.24. The van der Waals surface area contributed by atoms with E-state index in [0.29, 0.717) is 11.5 Å². The van der Waals surface area contributed by atoms with E-state index in [4.69, 9.17) is 0 Å². The Bertz CT molecular complexity index is 442. The largest absolute Gasteiger partial charge is 0.478 e. The Morgan fingerprint density at radius 2 is 1.95 bits per heavy atom. The van der Waals surface area contributed by atoms with Gasteiger partial charge in [0.2, 0.25) is 0 Å². The highest BCUT2D eigenvalue weighted by atomic mass is 16.4. The molecule has 0 aromatic heterocycles. The van der Waals surface area contributed by atoms with Gasteiger partial charge in [-0.25, -0.2) is 4.79 Å². The Balaban J connectivity index is 2.01. The Morgan fingerprint density at radius 1 is 1.26 bits per heavy atom. The minimum atomic E-state index is -0.801. The smallest absolute Gasteiger partial charge is 0.335 e. The van der Waals surface area contributed by atoms with Crippen molar-refractivity contribution in [1.82, 2.24) is 0 Å². The van der Waals surface area contributed by atoms with Gasteiger partial charge < -0.3 is 5.11 Å². The van der Waals surface area contributed by atoms with Crippen LogP contribution in [0.1, 0.15) is 60.4 Å². The SMILES string of the molecule is C=CCCC1CCC(c2ccccc2C(=O)O)CC1. The lowest BCUT2D eigenvalue weighted by Crippen LogP contribution is -2.15. The zero-order chi connectivity index (χ0) is 13.7. The summed E-state index contributed by atoms with van der Waals surface area (Å²) in [6, 6.07) is 7.47. The van der Waals surface area contributed by atoms with Gasteiger partial charge in [-0.15, -0.1) is 6.58 Å². The van der Waals surface area contributed by atoms with Gasteiger partial charge in [0, 0.05) is 0 Å². The maximum atomic E-state index is 11.3. The summed E-state index contributed by atoms with van der Waals surface area (Å²) in [7, 11) is 0. The van der Waals surface area contributed by atoms with Crippen molar-refractivity contribution in [3.63, 3.8) is 0 Å². The molecule has 0 aliphatic heterocycles. The van der Waals surface area contributed by atoms with E-state index in [1.54, 1.807) is 6.07 Å². The fourth-order valence-electron chi connectivity index (χ4n) is 3.16. The standard InChI is InChI=1S/C17H22O2/c1-2-3-6-13-9-11-14(12-10-13)15-7-4-5-8-16(15)17(18)19/h2,4-5,7-8,13-14H,1,3,6,9-12H2,(H,18,19). The fraction of sp³-hybridized carbons (Fsp3) is 0.471. The van der Waals surface area contributed by atoms with E-state index < -0.39 is 5.97 Å². The van der Waals surface area contributed by atoms with Crippen LogP contribution in [-0.4, -0.2) is 11.1 Å². The predicted octanol–water partition coefficient (Wildman–Crippen LogP) is 4.62. The Labute approximate surface area is 115 Å². The summed E-state index contributed by atoms with van der Waals surface area (Å²) in [5.74, 6) is 0.419. The van der Waals surface area contributed by atoms with E-state index in [0.717, 1.165) is 30.7 Å². The van der Waals surface area contributed by atoms with Gasteiger partial charge in [0.1, 0.15) is 0 Å². The van der Waals surface area contributed by atoms with Crippen molar-refractivity contribution in [2.75, 3.05) is 0 Å². The monoisotopic (exact) mass is 258 g/mol. The average molecular weight is 258 g/mol. The molecule has 102 valence electrons. The van der Waals surface area contributed by atoms with Gasteiger partial charge in [-0.2, -0.15) is 0 Å². The van der Waals surface area contributed by atoms with E-state index in [9.17, 15) is 9.90 Å². The lowest BCUT2D eigenvalue weighted by atomic mass is 9.76. The molecule has 0 saturated heterocycles. The van der Waals surface area contributed by atoms with Crippen LogP contribution in [0.4, 0.5) is 0 Å². The van der Waals surface area contributed by atoms with E-state index in [-0.39, 0.29) is 0 Å². The number of hydrogen-bond donors (Lipinski definition) is 1. The lowest BCUT2D eigenvalue weighted by molar-refractivity contribution is 0.0694. The Morgan fingerprint density at radius 3 is 2.58 bits per heavy atom. The number of carboxylic acid groups (broad SMARTS) is 1. The van der Waals surface area contributed by atoms with Crippen LogP contribution in [0.3, 0.4) is 0 Å². The first kappa shape index (κ1) is 13.9. The molecule has 1 saturated carbocycles. The third kappa shape index (κ3) is 3.46. The van der Waals surface area contributed by atoms with Gasteiger partial charge in [0.25, 0.3) is 0 Å². The molecule has 1 aliphatic carbocycles. The summed E-state index contributed by atoms with van der Waals surface area (Å²) >= 11 is 0. The number of rotatable bonds is 5. The third-order valence-electron chi connectivity index (χ3n) is 4.26. The minimum absolute atomic E-state index is 0.423. The van der Waals surface area contributed by atoms with Gasteiger partial charge in [-0.3, -0.25) is 0 Å². The second-order valence-corrected chi connectivity index (χ2v) is 5.48. The maximum absolute atomic E-state index is 11.3. The van der Waals surface area contributed by atoms with E-state index in [2.05, 4.69) is 6.58 Å². The number of benzene rings is 1. The molecule has 0 atom stereocenters. The highest BCUT2D eigenvalue weighted by molar-refractivity contribution is 5.89. The summed E-state index contributed by atoms with van der Waals surface area (Å²) in [6.07, 6.45) is 8.99. The van der Waals surface area contributed by atoms with Crippen LogP contribution in [0.25, 0.3) is 0 Å². The quantitative estimate of drug-likeness (QED) is 0.782. The first-order valence-corrected chi connectivity index (χ1v) is 7.15. The second-order valence-electron chi connectivity index (χ2n) is 5.48. The molecular weight excluding hydrogens is 236 g/mol. The fourth-order valence-corrected chi connectivity index (χ4v) is 3.16. The van der Waals surface area contributed by atoms with Crippen molar-refractivity contribution in [2.24, 2.45) is 5.92 Å². The van der Waals surface area contributed by atoms with Crippen molar-refractivity contribution < 1.29 is 9.90 Å². The average Bonchev–Trinajstić information content (AvgIpc) is 2.45. The van der Waals surface area contributed by atoms with Crippen molar-refractivity contribution >= 4 is 5.97 Å². The second kappa shape index (κ2) is 6.55. The van der Waals surface area contributed by atoms with Gasteiger partial charge >= 0.3 is 5.97 Å². The minimum Gasteiger partial charge on any atom is -0.478 e. The summed E-state index contributed by atoms with van der Waals surface area (Å²) in [4.78, 5) is 11.3. The van der Waals surface area contributed by atoms with Crippen LogP contribution in [0, 0.1) is 5.92 Å². The van der Waals surface area contributed by atoms with Gasteiger partial charge in [-0.1, -0.05) is 24.3 Å². The summed E-state index contributed by atoms with van der Waals surface area (Å²) in [6.45, 7) is 3.77. The molecule has 1 N–H and O–H groups in total. The molecule has 1 aromatic carbocycles. The third-order valence-corrected chi connectivity index (χ3v) is 4.26. The number of carboxylic acids is 1. The molecule has 0 radical (unpaired) electrons. The van der Waals surface area contributed by atoms with Crippen molar-refractivity contribution in [3.8, 4) is 0 Å². The molecule has 19 heavy (non-hydrogen) atoms. The van der Waals surface area contributed by atoms with Gasteiger partial charge in [0.15, 0.2) is 0 Å². The molecule has 1 aromatic rings. The van der Waals surface area contributed by atoms with Crippen LogP contribution in [0.15, 0.2) is 36.9 Å². The lowest BCUT2D eigenvalue weighted by Gasteiger charge is -2.29. The van der Waals surface area contributed by atoms with Crippen LogP contribution in [0.5, 0.6) is 0 Å². The summed E-state index contributed by atoms with van der Waals surface area (Å²) < 4.78 is 0. The Hall–Kier alpha value is -1.57. The molecule has 2 heteroatoms. The molecule has 0 spiro atoms. The van der Waals surface area contributed by atoms with Gasteiger partial charge in [0.05, 0.1) is 5.56 Å². The molecule has 1 fully saturated rings. The van der Waals surface area contributed by atoms with Gasteiger partial charge in [-0.05, 0) is 62.0 Å². The van der Waals surface area contributed by atoms with Crippen LogP contribution in [-0.2, 0) is 0 Å². The van der Waals surface area contributed by atoms with E-state index in [1.807, 2.05) is 24.3 Å². The number of allylic oxidation sites excluding steroid dienone is 1. The molecule has 2 nitrogen and oxygen atoms in total. The normalized spacial score (nSPS) is 22.9. The molecular formula is C17H22O2. The molecule has 0 amide bonds. The zero-order valence-electron chi connectivity index (χ0n) is 11.3.